The molecule has 1 unspecified atom stereocenters. The molecule has 2 aliphatic rings. The molecule has 6 nitrogen and oxygen atoms in total. The van der Waals surface area contributed by atoms with Gasteiger partial charge in [0.2, 0.25) is 0 Å². The molecular formula is C17H17BrN4O2. The Morgan fingerprint density at radius 3 is 2.88 bits per heavy atom. The van der Waals surface area contributed by atoms with Crippen molar-refractivity contribution in [2.75, 3.05) is 30.9 Å². The number of anilines is 2. The molecular weight excluding hydrogens is 372 g/mol. The van der Waals surface area contributed by atoms with Crippen LogP contribution in [0.3, 0.4) is 0 Å². The summed E-state index contributed by atoms with van der Waals surface area (Å²) in [6.45, 7) is 2.24. The summed E-state index contributed by atoms with van der Waals surface area (Å²) >= 11 is 3.64. The normalized spacial score (nSPS) is 18.8. The van der Waals surface area contributed by atoms with Crippen LogP contribution in [-0.2, 0) is 9.53 Å². The zero-order valence-corrected chi connectivity index (χ0v) is 15.2. The van der Waals surface area contributed by atoms with E-state index >= 15 is 0 Å². The minimum Gasteiger partial charge on any atom is -0.456 e. The minimum atomic E-state index is -0.262. The molecule has 2 aromatic rings. The Balaban J connectivity index is 1.90. The number of ether oxygens (including phenoxy) is 1. The molecule has 0 spiro atoms. The van der Waals surface area contributed by atoms with Crippen molar-refractivity contribution in [2.24, 2.45) is 0 Å². The molecule has 7 heteroatoms. The van der Waals surface area contributed by atoms with Crippen LogP contribution in [0.5, 0.6) is 0 Å². The van der Waals surface area contributed by atoms with Crippen LogP contribution in [0.15, 0.2) is 33.9 Å². The smallest absolute Gasteiger partial charge is 0.337 e. The number of carbonyl (C=O) groups is 1. The standard InChI is InChI=1S/C17H17BrN4O2/c1-8-13-14(9-4-5-12(22(2)3)10(18)6-9)15-11(7-24-17(15)23)19-16(13)21-20-8/h4-6,14H,7H2,1-3H3,(H2,19,20,21). The fraction of sp³-hybridized carbons (Fsp3) is 0.294. The van der Waals surface area contributed by atoms with Crippen LogP contribution in [0.2, 0.25) is 0 Å². The summed E-state index contributed by atoms with van der Waals surface area (Å²) in [6, 6.07) is 6.18. The second-order valence-electron chi connectivity index (χ2n) is 6.24. The first-order valence-corrected chi connectivity index (χ1v) is 8.45. The fourth-order valence-electron chi connectivity index (χ4n) is 3.38. The van der Waals surface area contributed by atoms with E-state index in [1.807, 2.05) is 25.9 Å². The maximum absolute atomic E-state index is 12.3. The molecule has 0 fully saturated rings. The molecule has 0 radical (unpaired) electrons. The third kappa shape index (κ3) is 2.15. The topological polar surface area (TPSA) is 70.2 Å². The minimum absolute atomic E-state index is 0.183. The number of hydrogen-bond acceptors (Lipinski definition) is 5. The molecule has 1 atom stereocenters. The zero-order chi connectivity index (χ0) is 17.0. The van der Waals surface area contributed by atoms with Crippen LogP contribution >= 0.6 is 15.9 Å². The van der Waals surface area contributed by atoms with E-state index in [0.29, 0.717) is 5.57 Å². The second-order valence-corrected chi connectivity index (χ2v) is 7.10. The van der Waals surface area contributed by atoms with Crippen molar-refractivity contribution < 1.29 is 9.53 Å². The van der Waals surface area contributed by atoms with Gasteiger partial charge in [-0.25, -0.2) is 4.79 Å². The summed E-state index contributed by atoms with van der Waals surface area (Å²) in [4.78, 5) is 14.4. The molecule has 4 rings (SSSR count). The van der Waals surface area contributed by atoms with Crippen LogP contribution in [-0.4, -0.2) is 36.9 Å². The first-order valence-electron chi connectivity index (χ1n) is 7.66. The Hall–Kier alpha value is -2.28. The number of cyclic esters (lactones) is 1. The van der Waals surface area contributed by atoms with Gasteiger partial charge in [0.05, 0.1) is 17.0 Å². The van der Waals surface area contributed by atoms with Crippen molar-refractivity contribution in [1.82, 2.24) is 10.2 Å². The third-order valence-electron chi connectivity index (χ3n) is 4.52. The third-order valence-corrected chi connectivity index (χ3v) is 5.16. The van der Waals surface area contributed by atoms with E-state index in [-0.39, 0.29) is 18.5 Å². The Bertz CT molecular complexity index is 885. The predicted octanol–water partition coefficient (Wildman–Crippen LogP) is 2.91. The maximum atomic E-state index is 12.3. The Kier molecular flexibility index (Phi) is 3.42. The lowest BCUT2D eigenvalue weighted by atomic mass is 9.82. The Morgan fingerprint density at radius 2 is 2.17 bits per heavy atom. The van der Waals surface area contributed by atoms with Crippen LogP contribution < -0.4 is 10.2 Å². The monoisotopic (exact) mass is 388 g/mol. The second kappa shape index (κ2) is 5.37. The van der Waals surface area contributed by atoms with E-state index < -0.39 is 0 Å². The number of nitrogens with zero attached hydrogens (tertiary/aromatic N) is 2. The van der Waals surface area contributed by atoms with Gasteiger partial charge in [0.15, 0.2) is 5.82 Å². The highest BCUT2D eigenvalue weighted by atomic mass is 79.9. The highest BCUT2D eigenvalue weighted by Gasteiger charge is 2.40. The number of aromatic nitrogens is 2. The summed E-state index contributed by atoms with van der Waals surface area (Å²) in [5.41, 5.74) is 5.54. The molecule has 2 N–H and O–H groups in total. The summed E-state index contributed by atoms with van der Waals surface area (Å²) in [7, 11) is 4.00. The van der Waals surface area contributed by atoms with Gasteiger partial charge in [-0.2, -0.15) is 5.10 Å². The number of hydrogen-bond donors (Lipinski definition) is 2. The van der Waals surface area contributed by atoms with E-state index in [1.54, 1.807) is 0 Å². The number of esters is 1. The molecule has 0 bridgehead atoms. The SMILES string of the molecule is Cc1[nH]nc2c1C(c1ccc(N(C)C)c(Br)c1)C1=C(COC1=O)N2. The lowest BCUT2D eigenvalue weighted by Crippen LogP contribution is -2.20. The highest BCUT2D eigenvalue weighted by Crippen LogP contribution is 2.45. The predicted molar refractivity (Wildman–Crippen MR) is 95.2 cm³/mol. The highest BCUT2D eigenvalue weighted by molar-refractivity contribution is 9.10. The van der Waals surface area contributed by atoms with Gasteiger partial charge in [-0.05, 0) is 40.5 Å². The molecule has 0 saturated carbocycles. The van der Waals surface area contributed by atoms with Gasteiger partial charge < -0.3 is 15.0 Å². The lowest BCUT2D eigenvalue weighted by molar-refractivity contribution is -0.136. The van der Waals surface area contributed by atoms with Gasteiger partial charge in [0.25, 0.3) is 0 Å². The molecule has 1 aromatic carbocycles. The fourth-order valence-corrected chi connectivity index (χ4v) is 4.14. The molecule has 2 aliphatic heterocycles. The first-order chi connectivity index (χ1) is 11.5. The van der Waals surface area contributed by atoms with E-state index in [2.05, 4.69) is 49.6 Å². The maximum Gasteiger partial charge on any atom is 0.337 e. The van der Waals surface area contributed by atoms with Crippen molar-refractivity contribution in [3.05, 3.63) is 50.8 Å². The quantitative estimate of drug-likeness (QED) is 0.773. The van der Waals surface area contributed by atoms with Crippen molar-refractivity contribution in [1.29, 1.82) is 0 Å². The zero-order valence-electron chi connectivity index (χ0n) is 13.6. The van der Waals surface area contributed by atoms with Crippen LogP contribution in [0.25, 0.3) is 0 Å². The van der Waals surface area contributed by atoms with E-state index in [0.717, 1.165) is 38.5 Å². The van der Waals surface area contributed by atoms with Gasteiger partial charge in [-0.15, -0.1) is 0 Å². The molecule has 0 amide bonds. The van der Waals surface area contributed by atoms with Crippen molar-refractivity contribution >= 4 is 33.4 Å². The number of halogens is 1. The van der Waals surface area contributed by atoms with Crippen LogP contribution in [0.4, 0.5) is 11.5 Å². The number of fused-ring (bicyclic) bond motifs is 1. The Labute approximate surface area is 148 Å². The summed E-state index contributed by atoms with van der Waals surface area (Å²) < 4.78 is 6.24. The van der Waals surface area contributed by atoms with Crippen LogP contribution in [0, 0.1) is 6.92 Å². The summed E-state index contributed by atoms with van der Waals surface area (Å²) in [5, 5.41) is 10.6. The Morgan fingerprint density at radius 1 is 1.38 bits per heavy atom. The average Bonchev–Trinajstić information content (AvgIpc) is 3.09. The first kappa shape index (κ1) is 15.3. The summed E-state index contributed by atoms with van der Waals surface area (Å²) in [6.07, 6.45) is 0. The molecule has 0 aliphatic carbocycles. The number of H-pyrrole nitrogens is 1. The number of nitrogens with one attached hydrogen (secondary N) is 2. The summed E-state index contributed by atoms with van der Waals surface area (Å²) in [5.74, 6) is 0.321. The largest absolute Gasteiger partial charge is 0.456 e. The van der Waals surface area contributed by atoms with Crippen molar-refractivity contribution in [3.8, 4) is 0 Å². The average molecular weight is 389 g/mol. The number of aromatic amines is 1. The number of benzene rings is 1. The molecule has 124 valence electrons. The number of carbonyl (C=O) groups excluding carboxylic acids is 1. The number of rotatable bonds is 2. The van der Waals surface area contributed by atoms with Crippen molar-refractivity contribution in [3.63, 3.8) is 0 Å². The van der Waals surface area contributed by atoms with E-state index in [4.69, 9.17) is 4.74 Å². The van der Waals surface area contributed by atoms with E-state index in [9.17, 15) is 4.79 Å². The molecule has 0 saturated heterocycles. The van der Waals surface area contributed by atoms with Gasteiger partial charge in [0, 0.05) is 35.7 Å². The molecule has 24 heavy (non-hydrogen) atoms. The van der Waals surface area contributed by atoms with Gasteiger partial charge in [0.1, 0.15) is 6.61 Å². The lowest BCUT2D eigenvalue weighted by Gasteiger charge is -2.25. The molecule has 3 heterocycles. The molecule has 1 aromatic heterocycles. The van der Waals surface area contributed by atoms with Gasteiger partial charge in [-0.3, -0.25) is 5.10 Å². The van der Waals surface area contributed by atoms with Gasteiger partial charge in [-0.1, -0.05) is 6.07 Å². The van der Waals surface area contributed by atoms with Crippen molar-refractivity contribution in [2.45, 2.75) is 12.8 Å². The van der Waals surface area contributed by atoms with Gasteiger partial charge >= 0.3 is 5.97 Å². The van der Waals surface area contributed by atoms with Crippen LogP contribution in [0.1, 0.15) is 22.7 Å². The van der Waals surface area contributed by atoms with E-state index in [1.165, 1.54) is 0 Å². The number of aryl methyl sites for hydroxylation is 1.